The van der Waals surface area contributed by atoms with Crippen molar-refractivity contribution >= 4 is 39.2 Å². The molecule has 0 spiro atoms. The number of benzene rings is 2. The van der Waals surface area contributed by atoms with Crippen molar-refractivity contribution in [3.63, 3.8) is 0 Å². The van der Waals surface area contributed by atoms with Gasteiger partial charge in [-0.05, 0) is 30.0 Å². The summed E-state index contributed by atoms with van der Waals surface area (Å²) in [6, 6.07) is 10.4. The third-order valence-electron chi connectivity index (χ3n) is 5.67. The fourth-order valence-electron chi connectivity index (χ4n) is 4.33. The van der Waals surface area contributed by atoms with Crippen molar-refractivity contribution in [1.29, 1.82) is 0 Å². The summed E-state index contributed by atoms with van der Waals surface area (Å²) in [5, 5.41) is 9.10. The van der Waals surface area contributed by atoms with E-state index in [0.29, 0.717) is 12.8 Å². The monoisotopic (exact) mass is 363 g/mol. The summed E-state index contributed by atoms with van der Waals surface area (Å²) in [4.78, 5) is 26.3. The van der Waals surface area contributed by atoms with Gasteiger partial charge in [0.05, 0.1) is 12.2 Å². The first-order valence-corrected chi connectivity index (χ1v) is 9.44. The Morgan fingerprint density at radius 3 is 2.70 bits per heavy atom. The Labute approximate surface area is 156 Å². The molecule has 2 amide bonds. The number of amides is 2. The molecule has 3 heterocycles. The van der Waals surface area contributed by atoms with Crippen LogP contribution in [-0.2, 0) is 9.59 Å². The number of piperazine rings is 1. The van der Waals surface area contributed by atoms with Crippen molar-refractivity contribution in [2.24, 2.45) is 0 Å². The number of nitrogens with one attached hydrogen (secondary N) is 2. The molecule has 2 fully saturated rings. The van der Waals surface area contributed by atoms with Gasteiger partial charge in [0, 0.05) is 54.6 Å². The van der Waals surface area contributed by atoms with Crippen LogP contribution in [0, 0.1) is 0 Å². The maximum absolute atomic E-state index is 12.4. The first kappa shape index (κ1) is 16.3. The zero-order valence-corrected chi connectivity index (χ0v) is 15.0. The van der Waals surface area contributed by atoms with Crippen LogP contribution in [-0.4, -0.2) is 38.0 Å². The van der Waals surface area contributed by atoms with E-state index < -0.39 is 0 Å². The smallest absolute Gasteiger partial charge is 0.234 e. The molecule has 1 atom stereocenters. The Balaban J connectivity index is 1.67. The number of furan rings is 1. The van der Waals surface area contributed by atoms with Gasteiger partial charge in [0.15, 0.2) is 0 Å². The number of carbonyl (C=O) groups excluding carboxylic acids is 2. The van der Waals surface area contributed by atoms with E-state index in [9.17, 15) is 9.59 Å². The second-order valence-corrected chi connectivity index (χ2v) is 7.24. The van der Waals surface area contributed by atoms with E-state index in [1.807, 2.05) is 6.07 Å². The number of hydrogen-bond acceptors (Lipinski definition) is 5. The van der Waals surface area contributed by atoms with Gasteiger partial charge in [0.2, 0.25) is 11.8 Å². The van der Waals surface area contributed by atoms with E-state index in [4.69, 9.17) is 4.42 Å². The number of piperidine rings is 1. The Morgan fingerprint density at radius 2 is 1.89 bits per heavy atom. The minimum atomic E-state index is -0.350. The Kier molecular flexibility index (Phi) is 3.86. The van der Waals surface area contributed by atoms with Crippen LogP contribution in [0.15, 0.2) is 41.0 Å². The summed E-state index contributed by atoms with van der Waals surface area (Å²) in [7, 11) is 0. The van der Waals surface area contributed by atoms with Crippen LogP contribution in [0.1, 0.15) is 24.3 Å². The first-order valence-electron chi connectivity index (χ1n) is 9.44. The molecule has 0 saturated carbocycles. The molecule has 27 heavy (non-hydrogen) atoms. The number of carbonyl (C=O) groups is 2. The molecule has 2 saturated heterocycles. The van der Waals surface area contributed by atoms with Crippen molar-refractivity contribution in [2.75, 3.05) is 31.1 Å². The average molecular weight is 363 g/mol. The quantitative estimate of drug-likeness (QED) is 0.685. The maximum atomic E-state index is 12.4. The highest BCUT2D eigenvalue weighted by Crippen LogP contribution is 2.39. The van der Waals surface area contributed by atoms with Crippen molar-refractivity contribution in [2.45, 2.75) is 18.8 Å². The van der Waals surface area contributed by atoms with Gasteiger partial charge in [-0.3, -0.25) is 14.9 Å². The molecule has 2 aliphatic rings. The van der Waals surface area contributed by atoms with Crippen LogP contribution in [0.4, 0.5) is 5.69 Å². The predicted molar refractivity (Wildman–Crippen MR) is 104 cm³/mol. The summed E-state index contributed by atoms with van der Waals surface area (Å²) in [5.74, 6) is -0.781. The van der Waals surface area contributed by atoms with Crippen molar-refractivity contribution in [3.8, 4) is 0 Å². The van der Waals surface area contributed by atoms with Gasteiger partial charge in [-0.25, -0.2) is 0 Å². The number of nitrogens with zero attached hydrogens (tertiary/aromatic N) is 1. The Morgan fingerprint density at radius 1 is 1.04 bits per heavy atom. The molecule has 5 rings (SSSR count). The van der Waals surface area contributed by atoms with Gasteiger partial charge in [-0.15, -0.1) is 0 Å². The van der Waals surface area contributed by atoms with Crippen molar-refractivity contribution < 1.29 is 14.0 Å². The summed E-state index contributed by atoms with van der Waals surface area (Å²) in [5.41, 5.74) is 2.86. The van der Waals surface area contributed by atoms with Gasteiger partial charge < -0.3 is 14.6 Å². The lowest BCUT2D eigenvalue weighted by atomic mass is 9.88. The summed E-state index contributed by atoms with van der Waals surface area (Å²) in [6.45, 7) is 3.91. The van der Waals surface area contributed by atoms with Crippen LogP contribution in [0.25, 0.3) is 21.7 Å². The van der Waals surface area contributed by atoms with Gasteiger partial charge >= 0.3 is 0 Å². The van der Waals surface area contributed by atoms with Gasteiger partial charge in [0.1, 0.15) is 5.58 Å². The van der Waals surface area contributed by atoms with Crippen LogP contribution in [0.5, 0.6) is 0 Å². The zero-order chi connectivity index (χ0) is 18.4. The van der Waals surface area contributed by atoms with E-state index in [1.54, 1.807) is 6.26 Å². The third-order valence-corrected chi connectivity index (χ3v) is 5.67. The van der Waals surface area contributed by atoms with Crippen molar-refractivity contribution in [1.82, 2.24) is 10.6 Å². The molecule has 0 radical (unpaired) electrons. The standard InChI is InChI=1S/C21H21N3O3/c25-19-7-5-15(21(26)23-19)16-12-27-18-6-4-13-14(20(16)18)2-1-3-17(13)24-10-8-22-9-11-24/h1-4,6,12,15,22H,5,7-11H2,(H,23,25,26)/t15-/m1/s1. The largest absolute Gasteiger partial charge is 0.464 e. The van der Waals surface area contributed by atoms with E-state index in [0.717, 1.165) is 48.1 Å². The number of imide groups is 1. The molecular formula is C21H21N3O3. The molecule has 3 aromatic rings. The lowest BCUT2D eigenvalue weighted by molar-refractivity contribution is -0.134. The SMILES string of the molecule is O=C1CC[C@H](c2coc3ccc4c(N5CCNCC5)cccc4c23)C(=O)N1. The maximum Gasteiger partial charge on any atom is 0.234 e. The van der Waals surface area contributed by atoms with E-state index >= 15 is 0 Å². The molecule has 2 aromatic carbocycles. The topological polar surface area (TPSA) is 74.6 Å². The lowest BCUT2D eigenvalue weighted by Gasteiger charge is -2.30. The molecular weight excluding hydrogens is 342 g/mol. The minimum absolute atomic E-state index is 0.199. The molecule has 0 unspecified atom stereocenters. The first-order chi connectivity index (χ1) is 13.2. The number of hydrogen-bond donors (Lipinski definition) is 2. The molecule has 2 N–H and O–H groups in total. The second kappa shape index (κ2) is 6.39. The molecule has 138 valence electrons. The molecule has 0 aliphatic carbocycles. The fraction of sp³-hybridized carbons (Fsp3) is 0.333. The summed E-state index contributed by atoms with van der Waals surface area (Å²) >= 11 is 0. The van der Waals surface area contributed by atoms with Crippen LogP contribution < -0.4 is 15.5 Å². The fourth-order valence-corrected chi connectivity index (χ4v) is 4.33. The highest BCUT2D eigenvalue weighted by atomic mass is 16.3. The van der Waals surface area contributed by atoms with E-state index in [2.05, 4.69) is 39.8 Å². The summed E-state index contributed by atoms with van der Waals surface area (Å²) < 4.78 is 5.78. The lowest BCUT2D eigenvalue weighted by Crippen LogP contribution is -2.43. The van der Waals surface area contributed by atoms with Crippen LogP contribution in [0.2, 0.25) is 0 Å². The third kappa shape index (κ3) is 2.68. The average Bonchev–Trinajstić information content (AvgIpc) is 3.12. The summed E-state index contributed by atoms with van der Waals surface area (Å²) in [6.07, 6.45) is 2.56. The Bertz CT molecular complexity index is 1050. The minimum Gasteiger partial charge on any atom is -0.464 e. The predicted octanol–water partition coefficient (Wildman–Crippen LogP) is 2.52. The molecule has 1 aromatic heterocycles. The van der Waals surface area contributed by atoms with Crippen LogP contribution in [0.3, 0.4) is 0 Å². The number of anilines is 1. The normalized spacial score (nSPS) is 21.0. The Hall–Kier alpha value is -2.86. The highest BCUT2D eigenvalue weighted by molar-refractivity contribution is 6.13. The van der Waals surface area contributed by atoms with Crippen molar-refractivity contribution in [3.05, 3.63) is 42.2 Å². The van der Waals surface area contributed by atoms with Gasteiger partial charge in [0.25, 0.3) is 0 Å². The zero-order valence-electron chi connectivity index (χ0n) is 15.0. The molecule has 2 aliphatic heterocycles. The van der Waals surface area contributed by atoms with Gasteiger partial charge in [-0.2, -0.15) is 0 Å². The number of rotatable bonds is 2. The highest BCUT2D eigenvalue weighted by Gasteiger charge is 2.31. The van der Waals surface area contributed by atoms with Gasteiger partial charge in [-0.1, -0.05) is 12.1 Å². The van der Waals surface area contributed by atoms with Crippen LogP contribution >= 0.6 is 0 Å². The van der Waals surface area contributed by atoms with E-state index in [1.165, 1.54) is 11.1 Å². The van der Waals surface area contributed by atoms with E-state index in [-0.39, 0.29) is 17.7 Å². The molecule has 6 heteroatoms. The molecule has 6 nitrogen and oxygen atoms in total. The molecule has 0 bridgehead atoms. The number of fused-ring (bicyclic) bond motifs is 3. The second-order valence-electron chi connectivity index (χ2n) is 7.24.